The minimum atomic E-state index is -0.826. The predicted molar refractivity (Wildman–Crippen MR) is 74.1 cm³/mol. The summed E-state index contributed by atoms with van der Waals surface area (Å²) in [6.07, 6.45) is 0.875. The normalized spacial score (nSPS) is 15.8. The van der Waals surface area contributed by atoms with E-state index >= 15 is 0 Å². The van der Waals surface area contributed by atoms with Crippen LogP contribution in [0.1, 0.15) is 28.8 Å². The molecule has 7 nitrogen and oxygen atoms in total. The van der Waals surface area contributed by atoms with Crippen molar-refractivity contribution in [3.05, 3.63) is 39.4 Å². The molecule has 0 aromatic heterocycles. The molecule has 21 heavy (non-hydrogen) atoms. The average molecular weight is 292 g/mol. The highest BCUT2D eigenvalue weighted by atomic mass is 16.6. The van der Waals surface area contributed by atoms with Crippen molar-refractivity contribution in [1.82, 2.24) is 4.90 Å². The van der Waals surface area contributed by atoms with Crippen molar-refractivity contribution in [1.29, 1.82) is 0 Å². The molecule has 1 saturated heterocycles. The summed E-state index contributed by atoms with van der Waals surface area (Å²) in [7, 11) is 0. The number of carboxylic acid groups (broad SMARTS) is 1. The number of likely N-dealkylation sites (tertiary alicyclic amines) is 1. The molecule has 0 aliphatic carbocycles. The molecule has 1 N–H and O–H groups in total. The number of carboxylic acids is 1. The standard InChI is InChI=1S/C14H16N2O5/c1-9-8-11(2-3-12(9)16(20)21)13(17)15-6-4-10(5-7-15)14(18)19/h2-3,8,10H,4-7H2,1H3,(H,18,19). The molecule has 0 radical (unpaired) electrons. The third kappa shape index (κ3) is 3.18. The zero-order valence-electron chi connectivity index (χ0n) is 11.6. The second-order valence-electron chi connectivity index (χ2n) is 5.16. The fourth-order valence-corrected chi connectivity index (χ4v) is 2.51. The fourth-order valence-electron chi connectivity index (χ4n) is 2.51. The van der Waals surface area contributed by atoms with Crippen LogP contribution in [0.4, 0.5) is 5.69 Å². The van der Waals surface area contributed by atoms with Gasteiger partial charge in [-0.3, -0.25) is 19.7 Å². The maximum Gasteiger partial charge on any atom is 0.306 e. The molecule has 0 unspecified atom stereocenters. The number of carbonyl (C=O) groups is 2. The Morgan fingerprint density at radius 1 is 1.33 bits per heavy atom. The number of nitro benzene ring substituents is 1. The van der Waals surface area contributed by atoms with Gasteiger partial charge in [-0.2, -0.15) is 0 Å². The Labute approximate surface area is 121 Å². The Kier molecular flexibility index (Phi) is 4.21. The number of amides is 1. The van der Waals surface area contributed by atoms with Crippen LogP contribution in [0.3, 0.4) is 0 Å². The van der Waals surface area contributed by atoms with E-state index in [1.165, 1.54) is 18.2 Å². The lowest BCUT2D eigenvalue weighted by molar-refractivity contribution is -0.385. The van der Waals surface area contributed by atoms with Gasteiger partial charge in [-0.15, -0.1) is 0 Å². The molecule has 0 saturated carbocycles. The van der Waals surface area contributed by atoms with E-state index in [0.717, 1.165) is 0 Å². The van der Waals surface area contributed by atoms with Crippen LogP contribution in [0.25, 0.3) is 0 Å². The van der Waals surface area contributed by atoms with Gasteiger partial charge >= 0.3 is 5.97 Å². The molecule has 0 bridgehead atoms. The van der Waals surface area contributed by atoms with Crippen LogP contribution in [-0.2, 0) is 4.79 Å². The van der Waals surface area contributed by atoms with Gasteiger partial charge in [0.1, 0.15) is 0 Å². The van der Waals surface area contributed by atoms with Gasteiger partial charge in [-0.05, 0) is 31.9 Å². The molecular formula is C14H16N2O5. The highest BCUT2D eigenvalue weighted by Gasteiger charge is 2.27. The lowest BCUT2D eigenvalue weighted by Gasteiger charge is -2.30. The van der Waals surface area contributed by atoms with Crippen LogP contribution < -0.4 is 0 Å². The van der Waals surface area contributed by atoms with Crippen LogP contribution in [0.15, 0.2) is 18.2 Å². The summed E-state index contributed by atoms with van der Waals surface area (Å²) in [4.78, 5) is 35.1. The summed E-state index contributed by atoms with van der Waals surface area (Å²) in [5.41, 5.74) is 0.814. The number of hydrogen-bond acceptors (Lipinski definition) is 4. The molecule has 2 rings (SSSR count). The molecule has 1 heterocycles. The third-order valence-electron chi connectivity index (χ3n) is 3.77. The summed E-state index contributed by atoms with van der Waals surface area (Å²) in [6.45, 7) is 2.38. The molecule has 1 aromatic carbocycles. The van der Waals surface area contributed by atoms with E-state index in [1.54, 1.807) is 11.8 Å². The first-order valence-electron chi connectivity index (χ1n) is 6.67. The van der Waals surface area contributed by atoms with Crippen LogP contribution in [0, 0.1) is 23.0 Å². The van der Waals surface area contributed by atoms with Crippen LogP contribution in [-0.4, -0.2) is 39.9 Å². The second-order valence-corrected chi connectivity index (χ2v) is 5.16. The molecule has 1 aliphatic rings. The molecule has 1 fully saturated rings. The van der Waals surface area contributed by atoms with Crippen LogP contribution in [0.2, 0.25) is 0 Å². The monoisotopic (exact) mass is 292 g/mol. The molecule has 7 heteroatoms. The molecule has 0 spiro atoms. The predicted octanol–water partition coefficient (Wildman–Crippen LogP) is 1.84. The minimum Gasteiger partial charge on any atom is -0.481 e. The number of hydrogen-bond donors (Lipinski definition) is 1. The van der Waals surface area contributed by atoms with Gasteiger partial charge in [-0.25, -0.2) is 0 Å². The topological polar surface area (TPSA) is 101 Å². The van der Waals surface area contributed by atoms with Crippen molar-refractivity contribution in [2.45, 2.75) is 19.8 Å². The van der Waals surface area contributed by atoms with E-state index in [9.17, 15) is 19.7 Å². The molecular weight excluding hydrogens is 276 g/mol. The number of nitrogens with zero attached hydrogens (tertiary/aromatic N) is 2. The van der Waals surface area contributed by atoms with E-state index in [-0.39, 0.29) is 11.6 Å². The van der Waals surface area contributed by atoms with E-state index in [2.05, 4.69) is 0 Å². The van der Waals surface area contributed by atoms with Crippen molar-refractivity contribution >= 4 is 17.6 Å². The van der Waals surface area contributed by atoms with Crippen LogP contribution in [0.5, 0.6) is 0 Å². The summed E-state index contributed by atoms with van der Waals surface area (Å²) in [5.74, 6) is -1.43. The van der Waals surface area contributed by atoms with Gasteiger partial charge in [0.25, 0.3) is 11.6 Å². The Morgan fingerprint density at radius 3 is 2.43 bits per heavy atom. The molecule has 112 valence electrons. The third-order valence-corrected chi connectivity index (χ3v) is 3.77. The first kappa shape index (κ1) is 15.0. The van der Waals surface area contributed by atoms with Gasteiger partial charge in [-0.1, -0.05) is 0 Å². The molecule has 1 amide bonds. The van der Waals surface area contributed by atoms with Crippen LogP contribution >= 0.6 is 0 Å². The number of piperidine rings is 1. The number of benzene rings is 1. The van der Waals surface area contributed by atoms with Gasteiger partial charge in [0.15, 0.2) is 0 Å². The van der Waals surface area contributed by atoms with Crippen molar-refractivity contribution in [2.75, 3.05) is 13.1 Å². The lowest BCUT2D eigenvalue weighted by Crippen LogP contribution is -2.40. The van der Waals surface area contributed by atoms with Crippen molar-refractivity contribution in [2.24, 2.45) is 5.92 Å². The first-order chi connectivity index (χ1) is 9.90. The first-order valence-corrected chi connectivity index (χ1v) is 6.67. The highest BCUT2D eigenvalue weighted by Crippen LogP contribution is 2.22. The minimum absolute atomic E-state index is 0.0175. The Balaban J connectivity index is 2.09. The largest absolute Gasteiger partial charge is 0.481 e. The SMILES string of the molecule is Cc1cc(C(=O)N2CCC(C(=O)O)CC2)ccc1[N+](=O)[O-]. The maximum atomic E-state index is 12.3. The highest BCUT2D eigenvalue weighted by molar-refractivity contribution is 5.95. The van der Waals surface area contributed by atoms with E-state index in [4.69, 9.17) is 5.11 Å². The van der Waals surface area contributed by atoms with Gasteiger partial charge < -0.3 is 10.0 Å². The Hall–Kier alpha value is -2.44. The number of nitro groups is 1. The quantitative estimate of drug-likeness (QED) is 0.676. The number of rotatable bonds is 3. The number of aryl methyl sites for hydroxylation is 1. The van der Waals surface area contributed by atoms with Gasteiger partial charge in [0, 0.05) is 30.3 Å². The average Bonchev–Trinajstić information content (AvgIpc) is 2.46. The van der Waals surface area contributed by atoms with Crippen molar-refractivity contribution in [3.8, 4) is 0 Å². The summed E-state index contributed by atoms with van der Waals surface area (Å²) in [5, 5.41) is 19.7. The summed E-state index contributed by atoms with van der Waals surface area (Å²) >= 11 is 0. The van der Waals surface area contributed by atoms with E-state index in [0.29, 0.717) is 37.1 Å². The molecule has 0 atom stereocenters. The zero-order chi connectivity index (χ0) is 15.6. The number of aliphatic carboxylic acids is 1. The molecule has 1 aliphatic heterocycles. The Morgan fingerprint density at radius 2 is 1.95 bits per heavy atom. The summed E-state index contributed by atoms with van der Waals surface area (Å²) < 4.78 is 0. The van der Waals surface area contributed by atoms with E-state index in [1.807, 2.05) is 0 Å². The lowest BCUT2D eigenvalue weighted by atomic mass is 9.96. The van der Waals surface area contributed by atoms with Crippen molar-refractivity contribution < 1.29 is 19.6 Å². The van der Waals surface area contributed by atoms with Crippen molar-refractivity contribution in [3.63, 3.8) is 0 Å². The second kappa shape index (κ2) is 5.90. The smallest absolute Gasteiger partial charge is 0.306 e. The zero-order valence-corrected chi connectivity index (χ0v) is 11.6. The van der Waals surface area contributed by atoms with Gasteiger partial charge in [0.2, 0.25) is 0 Å². The van der Waals surface area contributed by atoms with Gasteiger partial charge in [0.05, 0.1) is 10.8 Å². The number of carbonyl (C=O) groups excluding carboxylic acids is 1. The molecule has 1 aromatic rings. The summed E-state index contributed by atoms with van der Waals surface area (Å²) in [6, 6.07) is 4.27. The van der Waals surface area contributed by atoms with E-state index < -0.39 is 16.8 Å². The fraction of sp³-hybridized carbons (Fsp3) is 0.429. The maximum absolute atomic E-state index is 12.3. The Bertz CT molecular complexity index is 591.